The van der Waals surface area contributed by atoms with Crippen LogP contribution in [0.5, 0.6) is 11.5 Å². The molecule has 0 bridgehead atoms. The molecule has 0 saturated carbocycles. The number of ether oxygens (including phenoxy) is 2. The lowest BCUT2D eigenvalue weighted by Gasteiger charge is -2.29. The average Bonchev–Trinajstić information content (AvgIpc) is 3.13. The van der Waals surface area contributed by atoms with Crippen molar-refractivity contribution in [3.8, 4) is 11.5 Å². The number of thiazole rings is 1. The van der Waals surface area contributed by atoms with Crippen LogP contribution in [0.3, 0.4) is 0 Å². The highest BCUT2D eigenvalue weighted by atomic mass is 32.2. The number of hydrogen-bond donors (Lipinski definition) is 1. The molecular formula is C19H23N5O4S2. The fraction of sp³-hybridized carbons (Fsp3) is 0.421. The second-order valence-electron chi connectivity index (χ2n) is 7.14. The van der Waals surface area contributed by atoms with Crippen LogP contribution in [0.25, 0.3) is 10.2 Å². The zero-order valence-corrected chi connectivity index (χ0v) is 18.8. The Labute approximate surface area is 179 Å². The molecule has 4 rings (SSSR count). The van der Waals surface area contributed by atoms with Gasteiger partial charge in [0, 0.05) is 37.2 Å². The van der Waals surface area contributed by atoms with Crippen LogP contribution >= 0.6 is 11.3 Å². The van der Waals surface area contributed by atoms with Crippen LogP contribution in [0.2, 0.25) is 0 Å². The van der Waals surface area contributed by atoms with Gasteiger partial charge in [-0.3, -0.25) is 0 Å². The summed E-state index contributed by atoms with van der Waals surface area (Å²) in [5, 5.41) is 3.42. The molecule has 1 N–H and O–H groups in total. The summed E-state index contributed by atoms with van der Waals surface area (Å²) in [7, 11) is -0.185. The predicted octanol–water partition coefficient (Wildman–Crippen LogP) is 2.94. The van der Waals surface area contributed by atoms with E-state index in [1.54, 1.807) is 28.1 Å². The van der Waals surface area contributed by atoms with Crippen molar-refractivity contribution in [2.75, 3.05) is 26.1 Å². The largest absolute Gasteiger partial charge is 0.493 e. The van der Waals surface area contributed by atoms with Crippen molar-refractivity contribution in [1.82, 2.24) is 19.3 Å². The van der Waals surface area contributed by atoms with Crippen LogP contribution in [0.1, 0.15) is 25.1 Å². The van der Waals surface area contributed by atoms with E-state index in [0.29, 0.717) is 35.4 Å². The van der Waals surface area contributed by atoms with Crippen molar-refractivity contribution in [2.45, 2.75) is 32.1 Å². The number of methoxy groups -OCH3 is 2. The number of benzene rings is 1. The molecule has 0 radical (unpaired) electrons. The van der Waals surface area contributed by atoms with Crippen LogP contribution in [0.4, 0.5) is 10.9 Å². The molecule has 11 heteroatoms. The molecule has 1 aliphatic heterocycles. The minimum atomic E-state index is -3.36. The summed E-state index contributed by atoms with van der Waals surface area (Å²) < 4.78 is 38.4. The lowest BCUT2D eigenvalue weighted by atomic mass is 10.1. The van der Waals surface area contributed by atoms with Gasteiger partial charge in [-0.1, -0.05) is 11.3 Å². The number of sulfonamides is 1. The van der Waals surface area contributed by atoms with Gasteiger partial charge in [0.25, 0.3) is 0 Å². The highest BCUT2D eigenvalue weighted by Crippen LogP contribution is 2.37. The number of fused-ring (bicyclic) bond motifs is 2. The van der Waals surface area contributed by atoms with E-state index in [0.717, 1.165) is 21.5 Å². The average molecular weight is 450 g/mol. The Bertz CT molecular complexity index is 1150. The molecule has 1 aromatic carbocycles. The van der Waals surface area contributed by atoms with E-state index in [1.165, 1.54) is 22.0 Å². The van der Waals surface area contributed by atoms with E-state index in [-0.39, 0.29) is 6.54 Å². The van der Waals surface area contributed by atoms with E-state index in [4.69, 9.17) is 9.47 Å². The van der Waals surface area contributed by atoms with Gasteiger partial charge in [0.2, 0.25) is 10.0 Å². The summed E-state index contributed by atoms with van der Waals surface area (Å²) in [6, 6.07) is 3.70. The molecular weight excluding hydrogens is 426 g/mol. The SMILES string of the molecule is COc1cc2nc(Nc3ncnc4c3CN(S(=O)(=O)C(C)C)CC4)sc2cc1OC. The zero-order valence-electron chi connectivity index (χ0n) is 17.2. The number of anilines is 2. The highest BCUT2D eigenvalue weighted by Gasteiger charge is 2.31. The third kappa shape index (κ3) is 3.68. The Balaban J connectivity index is 1.67. The van der Waals surface area contributed by atoms with Gasteiger partial charge in [0.1, 0.15) is 12.1 Å². The van der Waals surface area contributed by atoms with Crippen LogP contribution in [0, 0.1) is 0 Å². The van der Waals surface area contributed by atoms with Crippen LogP contribution in [-0.4, -0.2) is 53.7 Å². The van der Waals surface area contributed by atoms with E-state index in [9.17, 15) is 8.42 Å². The number of nitrogens with one attached hydrogen (secondary N) is 1. The van der Waals surface area contributed by atoms with E-state index in [1.807, 2.05) is 12.1 Å². The van der Waals surface area contributed by atoms with Gasteiger partial charge >= 0.3 is 0 Å². The molecule has 0 aliphatic carbocycles. The maximum absolute atomic E-state index is 12.6. The summed E-state index contributed by atoms with van der Waals surface area (Å²) in [6.45, 7) is 4.04. The normalized spacial score (nSPS) is 14.7. The quantitative estimate of drug-likeness (QED) is 0.612. The van der Waals surface area contributed by atoms with Crippen molar-refractivity contribution in [3.05, 3.63) is 29.7 Å². The fourth-order valence-corrected chi connectivity index (χ4v) is 5.48. The fourth-order valence-electron chi connectivity index (χ4n) is 3.35. The van der Waals surface area contributed by atoms with Gasteiger partial charge in [0.15, 0.2) is 16.6 Å². The molecule has 0 atom stereocenters. The van der Waals surface area contributed by atoms with E-state index >= 15 is 0 Å². The first-order valence-corrected chi connectivity index (χ1v) is 11.8. The maximum Gasteiger partial charge on any atom is 0.216 e. The lowest BCUT2D eigenvalue weighted by molar-refractivity contribution is 0.356. The number of rotatable bonds is 6. The molecule has 2 aromatic heterocycles. The third-order valence-corrected chi connectivity index (χ3v) is 8.20. The first-order chi connectivity index (χ1) is 14.3. The number of hydrogen-bond acceptors (Lipinski definition) is 9. The monoisotopic (exact) mass is 449 g/mol. The zero-order chi connectivity index (χ0) is 21.5. The van der Waals surface area contributed by atoms with Crippen LogP contribution < -0.4 is 14.8 Å². The molecule has 9 nitrogen and oxygen atoms in total. The van der Waals surface area contributed by atoms with Gasteiger partial charge in [0.05, 0.1) is 35.4 Å². The predicted molar refractivity (Wildman–Crippen MR) is 116 cm³/mol. The highest BCUT2D eigenvalue weighted by molar-refractivity contribution is 7.89. The van der Waals surface area contributed by atoms with Crippen molar-refractivity contribution < 1.29 is 17.9 Å². The Morgan fingerprint density at radius 1 is 1.17 bits per heavy atom. The summed E-state index contributed by atoms with van der Waals surface area (Å²) in [5.74, 6) is 1.81. The summed E-state index contributed by atoms with van der Waals surface area (Å²) >= 11 is 1.45. The molecule has 0 spiro atoms. The van der Waals surface area contributed by atoms with Gasteiger partial charge in [-0.05, 0) is 13.8 Å². The molecule has 3 aromatic rings. The first-order valence-electron chi connectivity index (χ1n) is 9.44. The smallest absolute Gasteiger partial charge is 0.216 e. The second-order valence-corrected chi connectivity index (χ2v) is 10.7. The molecule has 160 valence electrons. The summed E-state index contributed by atoms with van der Waals surface area (Å²) in [5.41, 5.74) is 2.40. The van der Waals surface area contributed by atoms with Gasteiger partial charge in [-0.15, -0.1) is 0 Å². The van der Waals surface area contributed by atoms with Crippen molar-refractivity contribution in [2.24, 2.45) is 0 Å². The standard InChI is InChI=1S/C19H23N5O4S2/c1-11(2)30(25,26)24-6-5-13-12(9-24)18(21-10-20-13)23-19-22-14-7-15(27-3)16(28-4)8-17(14)29-19/h7-8,10-11H,5-6,9H2,1-4H3,(H,20,21,22,23). The molecule has 30 heavy (non-hydrogen) atoms. The molecule has 0 fully saturated rings. The Morgan fingerprint density at radius 2 is 1.90 bits per heavy atom. The maximum atomic E-state index is 12.6. The van der Waals surface area contributed by atoms with Gasteiger partial charge < -0.3 is 14.8 Å². The Hall–Kier alpha value is -2.50. The first kappa shape index (κ1) is 20.8. The number of aromatic nitrogens is 3. The Kier molecular flexibility index (Phi) is 5.51. The van der Waals surface area contributed by atoms with Crippen molar-refractivity contribution >= 4 is 42.5 Å². The van der Waals surface area contributed by atoms with Gasteiger partial charge in [-0.25, -0.2) is 23.4 Å². The molecule has 1 aliphatic rings. The van der Waals surface area contributed by atoms with E-state index in [2.05, 4.69) is 20.3 Å². The lowest BCUT2D eigenvalue weighted by Crippen LogP contribution is -2.40. The van der Waals surface area contributed by atoms with Crippen LogP contribution in [0.15, 0.2) is 18.5 Å². The van der Waals surface area contributed by atoms with Crippen molar-refractivity contribution in [3.63, 3.8) is 0 Å². The number of nitrogens with zero attached hydrogens (tertiary/aromatic N) is 4. The third-order valence-electron chi connectivity index (χ3n) is 5.04. The second kappa shape index (κ2) is 7.97. The van der Waals surface area contributed by atoms with Crippen molar-refractivity contribution in [1.29, 1.82) is 0 Å². The minimum Gasteiger partial charge on any atom is -0.493 e. The van der Waals surface area contributed by atoms with Crippen LogP contribution in [-0.2, 0) is 23.0 Å². The molecule has 0 saturated heterocycles. The Morgan fingerprint density at radius 3 is 2.60 bits per heavy atom. The summed E-state index contributed by atoms with van der Waals surface area (Å²) in [6.07, 6.45) is 2.04. The molecule has 0 amide bonds. The molecule has 3 heterocycles. The van der Waals surface area contributed by atoms with Gasteiger partial charge in [-0.2, -0.15) is 4.31 Å². The minimum absolute atomic E-state index is 0.242. The topological polar surface area (TPSA) is 107 Å². The van der Waals surface area contributed by atoms with E-state index < -0.39 is 15.3 Å². The summed E-state index contributed by atoms with van der Waals surface area (Å²) in [4.78, 5) is 13.3. The molecule has 0 unspecified atom stereocenters.